The molecule has 1 spiro atoms. The Kier molecular flexibility index (Phi) is 8.45. The molecular formula is C36H45ClN2O5S. The first kappa shape index (κ1) is 31.1. The van der Waals surface area contributed by atoms with E-state index in [0.29, 0.717) is 43.2 Å². The van der Waals surface area contributed by atoms with E-state index in [1.807, 2.05) is 37.3 Å². The zero-order valence-corrected chi connectivity index (χ0v) is 27.7. The Labute approximate surface area is 272 Å². The summed E-state index contributed by atoms with van der Waals surface area (Å²) in [5.74, 6) is 0.694. The van der Waals surface area contributed by atoms with Crippen LogP contribution >= 0.6 is 11.6 Å². The van der Waals surface area contributed by atoms with Gasteiger partial charge in [-0.25, -0.2) is 13.1 Å². The molecule has 9 heteroatoms. The lowest BCUT2D eigenvalue weighted by Crippen LogP contribution is -2.49. The molecule has 2 bridgehead atoms. The summed E-state index contributed by atoms with van der Waals surface area (Å²) in [5, 5.41) is 11.4. The van der Waals surface area contributed by atoms with Crippen LogP contribution in [0, 0.1) is 23.7 Å². The molecule has 2 aromatic carbocycles. The van der Waals surface area contributed by atoms with Crippen molar-refractivity contribution in [3.05, 3.63) is 70.3 Å². The highest BCUT2D eigenvalue weighted by Gasteiger charge is 2.44. The fourth-order valence-electron chi connectivity index (χ4n) is 8.52. The maximum atomic E-state index is 13.8. The number of fused-ring (bicyclic) bond motifs is 4. The zero-order valence-electron chi connectivity index (χ0n) is 26.1. The molecule has 5 aliphatic rings. The van der Waals surface area contributed by atoms with Crippen molar-refractivity contribution in [2.24, 2.45) is 23.7 Å². The topological polar surface area (TPSA) is 95.9 Å². The van der Waals surface area contributed by atoms with E-state index in [9.17, 15) is 18.3 Å². The van der Waals surface area contributed by atoms with Crippen LogP contribution in [0.5, 0.6) is 5.75 Å². The third-order valence-corrected chi connectivity index (χ3v) is 13.7. The minimum Gasteiger partial charge on any atom is -0.490 e. The number of ether oxygens (including phenoxy) is 1. The second-order valence-corrected chi connectivity index (χ2v) is 16.8. The van der Waals surface area contributed by atoms with E-state index in [0.717, 1.165) is 68.6 Å². The average Bonchev–Trinajstić information content (AvgIpc) is 3.10. The largest absolute Gasteiger partial charge is 0.490 e. The van der Waals surface area contributed by atoms with Crippen LogP contribution in [0.25, 0.3) is 0 Å². The van der Waals surface area contributed by atoms with Gasteiger partial charge in [-0.2, -0.15) is 0 Å². The molecule has 6 atom stereocenters. The van der Waals surface area contributed by atoms with Crippen LogP contribution in [-0.4, -0.2) is 50.5 Å². The zero-order chi connectivity index (χ0) is 31.3. The number of halogens is 1. The molecule has 7 rings (SSSR count). The first-order valence-electron chi connectivity index (χ1n) is 16.8. The highest BCUT2D eigenvalue weighted by atomic mass is 35.5. The van der Waals surface area contributed by atoms with Gasteiger partial charge >= 0.3 is 0 Å². The second kappa shape index (κ2) is 12.2. The van der Waals surface area contributed by atoms with Gasteiger partial charge in [-0.05, 0) is 110 Å². The summed E-state index contributed by atoms with van der Waals surface area (Å²) < 4.78 is 36.6. The van der Waals surface area contributed by atoms with Gasteiger partial charge < -0.3 is 14.7 Å². The van der Waals surface area contributed by atoms with Gasteiger partial charge in [0.15, 0.2) is 0 Å². The van der Waals surface area contributed by atoms with Crippen LogP contribution in [-0.2, 0) is 21.9 Å². The molecule has 0 radical (unpaired) electrons. The molecule has 2 aliphatic heterocycles. The Morgan fingerprint density at radius 3 is 2.71 bits per heavy atom. The van der Waals surface area contributed by atoms with E-state index in [1.54, 1.807) is 6.07 Å². The number of hydrogen-bond acceptors (Lipinski definition) is 6. The minimum absolute atomic E-state index is 0.131. The van der Waals surface area contributed by atoms with E-state index in [4.69, 9.17) is 16.3 Å². The van der Waals surface area contributed by atoms with Crippen molar-refractivity contribution in [3.63, 3.8) is 0 Å². The van der Waals surface area contributed by atoms with Crippen LogP contribution in [0.3, 0.4) is 0 Å². The molecule has 0 saturated heterocycles. The van der Waals surface area contributed by atoms with E-state index in [1.165, 1.54) is 11.1 Å². The van der Waals surface area contributed by atoms with Crippen LogP contribution in [0.4, 0.5) is 5.69 Å². The summed E-state index contributed by atoms with van der Waals surface area (Å²) in [5.41, 5.74) is 3.38. The number of carbonyl (C=O) groups is 1. The number of allylic oxidation sites excluding steroid dienone is 1. The lowest BCUT2D eigenvalue weighted by atomic mass is 9.68. The first-order chi connectivity index (χ1) is 21.6. The molecule has 242 valence electrons. The second-order valence-electron chi connectivity index (χ2n) is 14.5. The molecular weight excluding hydrogens is 608 g/mol. The lowest BCUT2D eigenvalue weighted by molar-refractivity contribution is 0.0455. The number of hydrogen-bond donors (Lipinski definition) is 2. The monoisotopic (exact) mass is 652 g/mol. The van der Waals surface area contributed by atoms with Crippen LogP contribution in [0.2, 0.25) is 5.02 Å². The Balaban J connectivity index is 1.27. The Bertz CT molecular complexity index is 1590. The third kappa shape index (κ3) is 6.03. The molecule has 2 aromatic rings. The highest BCUT2D eigenvalue weighted by Crippen LogP contribution is 2.47. The number of benzene rings is 2. The number of rotatable bonds is 2. The summed E-state index contributed by atoms with van der Waals surface area (Å²) in [6, 6.07) is 11.5. The number of anilines is 1. The molecule has 0 unspecified atom stereocenters. The van der Waals surface area contributed by atoms with E-state index in [2.05, 4.69) is 21.8 Å². The summed E-state index contributed by atoms with van der Waals surface area (Å²) in [7, 11) is -3.94. The maximum absolute atomic E-state index is 13.8. The van der Waals surface area contributed by atoms with Gasteiger partial charge in [0, 0.05) is 29.1 Å². The molecule has 2 heterocycles. The number of carbonyl (C=O) groups excluding carboxylic acids is 1. The quantitative estimate of drug-likeness (QED) is 0.364. The Hall–Kier alpha value is -2.55. The molecule has 1 amide bonds. The van der Waals surface area contributed by atoms with E-state index >= 15 is 0 Å². The molecule has 0 aromatic heterocycles. The fraction of sp³-hybridized carbons (Fsp3) is 0.583. The van der Waals surface area contributed by atoms with Crippen molar-refractivity contribution in [1.82, 2.24) is 4.72 Å². The summed E-state index contributed by atoms with van der Waals surface area (Å²) >= 11 is 6.41. The van der Waals surface area contributed by atoms with Crippen LogP contribution in [0.15, 0.2) is 48.6 Å². The molecule has 2 fully saturated rings. The fourth-order valence-corrected chi connectivity index (χ4v) is 10.5. The lowest BCUT2D eigenvalue weighted by Gasteiger charge is -2.45. The normalized spacial score (nSPS) is 33.8. The van der Waals surface area contributed by atoms with Crippen LogP contribution < -0.4 is 14.4 Å². The standard InChI is InChI=1S/C36H45ClN2O5S/c1-23-5-2-9-32(40)29-13-10-27(29)20-39-21-36(16-4-8-25-18-28(37)12-14-30(25)36)22-44-33-15-11-26(19-31(33)39)35(41)38-45(42,43)34(23)17-24-6-3-7-24/h2,9,11-12,14-15,18-19,23-24,27,29,32,34,40H,3-8,10,13,16-17,20-22H2,1H3,(H,38,41)/b9-2-/t23-,27-,29+,32-,34+,36-/m0/s1. The Morgan fingerprint density at radius 1 is 1.11 bits per heavy atom. The van der Waals surface area contributed by atoms with Crippen molar-refractivity contribution in [2.75, 3.05) is 24.6 Å². The van der Waals surface area contributed by atoms with Gasteiger partial charge in [-0.3, -0.25) is 4.79 Å². The minimum atomic E-state index is -3.94. The highest BCUT2D eigenvalue weighted by molar-refractivity contribution is 7.90. The van der Waals surface area contributed by atoms with Crippen molar-refractivity contribution in [3.8, 4) is 5.75 Å². The summed E-state index contributed by atoms with van der Waals surface area (Å²) in [6.45, 7) is 3.88. The number of nitrogens with one attached hydrogen (secondary N) is 1. The molecule has 45 heavy (non-hydrogen) atoms. The molecule has 2 saturated carbocycles. The maximum Gasteiger partial charge on any atom is 0.264 e. The summed E-state index contributed by atoms with van der Waals surface area (Å²) in [6.07, 6.45) is 12.5. The number of aliphatic hydroxyl groups excluding tert-OH is 1. The number of sulfonamides is 1. The van der Waals surface area contributed by atoms with Crippen molar-refractivity contribution in [1.29, 1.82) is 0 Å². The van der Waals surface area contributed by atoms with Crippen molar-refractivity contribution >= 4 is 33.2 Å². The Morgan fingerprint density at radius 2 is 1.96 bits per heavy atom. The smallest absolute Gasteiger partial charge is 0.264 e. The van der Waals surface area contributed by atoms with Crippen molar-refractivity contribution in [2.45, 2.75) is 87.9 Å². The predicted octanol–water partition coefficient (Wildman–Crippen LogP) is 6.41. The molecule has 2 N–H and O–H groups in total. The number of aliphatic hydroxyl groups is 1. The van der Waals surface area contributed by atoms with Gasteiger partial charge in [0.05, 0.1) is 23.6 Å². The van der Waals surface area contributed by atoms with E-state index < -0.39 is 27.3 Å². The SMILES string of the molecule is C[C@H]1C/C=C\[C@H](O)[C@@H]2CC[C@H]2CN2C[C@@]3(CCCc4cc(Cl)ccc43)COc3ccc(cc32)C(=O)NS(=O)(=O)[C@@H]1CC1CCC1. The number of nitrogens with zero attached hydrogens (tertiary/aromatic N) is 1. The first-order valence-corrected chi connectivity index (χ1v) is 18.8. The van der Waals surface area contributed by atoms with E-state index in [-0.39, 0.29) is 23.2 Å². The number of aryl methyl sites for hydroxylation is 1. The number of amides is 1. The predicted molar refractivity (Wildman–Crippen MR) is 177 cm³/mol. The van der Waals surface area contributed by atoms with Crippen molar-refractivity contribution < 1.29 is 23.1 Å². The van der Waals surface area contributed by atoms with Gasteiger partial charge in [0.25, 0.3) is 5.91 Å². The summed E-state index contributed by atoms with van der Waals surface area (Å²) in [4.78, 5) is 16.0. The third-order valence-electron chi connectivity index (χ3n) is 11.6. The van der Waals surface area contributed by atoms with Crippen LogP contribution in [0.1, 0.15) is 86.2 Å². The molecule has 3 aliphatic carbocycles. The average molecular weight is 653 g/mol. The van der Waals surface area contributed by atoms with Gasteiger partial charge in [-0.1, -0.05) is 56.0 Å². The van der Waals surface area contributed by atoms with Gasteiger partial charge in [0.2, 0.25) is 10.0 Å². The molecule has 7 nitrogen and oxygen atoms in total. The van der Waals surface area contributed by atoms with Gasteiger partial charge in [0.1, 0.15) is 5.75 Å². The van der Waals surface area contributed by atoms with Gasteiger partial charge in [-0.15, -0.1) is 0 Å².